The van der Waals surface area contributed by atoms with Crippen molar-refractivity contribution in [2.75, 3.05) is 0 Å². The molecule has 156 valence electrons. The van der Waals surface area contributed by atoms with Crippen molar-refractivity contribution in [1.29, 1.82) is 0 Å². The fourth-order valence-electron chi connectivity index (χ4n) is 3.24. The van der Waals surface area contributed by atoms with E-state index in [9.17, 15) is 9.90 Å². The van der Waals surface area contributed by atoms with E-state index in [2.05, 4.69) is 0 Å². The Hall–Kier alpha value is -3.11. The van der Waals surface area contributed by atoms with Gasteiger partial charge < -0.3 is 14.6 Å². The highest BCUT2D eigenvalue weighted by atomic mass is 16.5. The Labute approximate surface area is 178 Å². The molecule has 0 saturated heterocycles. The average molecular weight is 405 g/mol. The van der Waals surface area contributed by atoms with Gasteiger partial charge in [-0.2, -0.15) is 0 Å². The first-order chi connectivity index (χ1) is 14.3. The molecule has 3 rings (SSSR count). The Morgan fingerprint density at radius 1 is 0.767 bits per heavy atom. The number of hydrogen-bond donors (Lipinski definition) is 1. The highest BCUT2D eigenvalue weighted by Gasteiger charge is 2.23. The largest absolute Gasteiger partial charge is 0.491 e. The van der Waals surface area contributed by atoms with Crippen LogP contribution in [-0.2, 0) is 0 Å². The normalized spacial score (nSPS) is 12.1. The van der Waals surface area contributed by atoms with Gasteiger partial charge in [0.25, 0.3) is 0 Å². The Kier molecular flexibility index (Phi) is 6.91. The molecule has 0 fully saturated rings. The van der Waals surface area contributed by atoms with E-state index in [0.29, 0.717) is 22.4 Å². The van der Waals surface area contributed by atoms with Crippen LogP contribution in [-0.4, -0.2) is 23.1 Å². The second kappa shape index (κ2) is 9.59. The van der Waals surface area contributed by atoms with Gasteiger partial charge in [0.1, 0.15) is 17.6 Å². The van der Waals surface area contributed by atoms with Crippen LogP contribution in [0.3, 0.4) is 0 Å². The summed E-state index contributed by atoms with van der Waals surface area (Å²) in [5.74, 6) is 1.09. The van der Waals surface area contributed by atoms with Crippen molar-refractivity contribution in [2.45, 2.75) is 46.0 Å². The molecule has 4 nitrogen and oxygen atoms in total. The van der Waals surface area contributed by atoms with Crippen LogP contribution in [0.2, 0.25) is 0 Å². The van der Waals surface area contributed by atoms with E-state index in [-0.39, 0.29) is 18.0 Å². The molecule has 0 aromatic heterocycles. The standard InChI is InChI=1S/C26H28O4/c1-17(2)29-21-12-10-19(11-13-21)24-16-22(30-18(3)4)14-15-23(24)26(28)25(27)20-8-6-5-7-9-20/h5-18,25,27H,1-4H3. The first-order valence-corrected chi connectivity index (χ1v) is 10.2. The van der Waals surface area contributed by atoms with Crippen LogP contribution in [0.5, 0.6) is 11.5 Å². The number of ketones is 1. The molecule has 0 bridgehead atoms. The van der Waals surface area contributed by atoms with E-state index < -0.39 is 6.10 Å². The number of rotatable bonds is 8. The summed E-state index contributed by atoms with van der Waals surface area (Å²) in [5.41, 5.74) is 2.57. The van der Waals surface area contributed by atoms with Crippen molar-refractivity contribution in [2.24, 2.45) is 0 Å². The number of ether oxygens (including phenoxy) is 2. The number of hydrogen-bond acceptors (Lipinski definition) is 4. The van der Waals surface area contributed by atoms with Gasteiger partial charge in [0.2, 0.25) is 0 Å². The fourth-order valence-corrected chi connectivity index (χ4v) is 3.24. The molecule has 0 aliphatic carbocycles. The van der Waals surface area contributed by atoms with Gasteiger partial charge in [-0.3, -0.25) is 4.79 Å². The van der Waals surface area contributed by atoms with Crippen LogP contribution in [0.15, 0.2) is 72.8 Å². The topological polar surface area (TPSA) is 55.8 Å². The van der Waals surface area contributed by atoms with E-state index in [1.54, 1.807) is 36.4 Å². The monoisotopic (exact) mass is 404 g/mol. The van der Waals surface area contributed by atoms with Crippen molar-refractivity contribution in [3.05, 3.63) is 83.9 Å². The molecule has 0 heterocycles. The Morgan fingerprint density at radius 3 is 1.93 bits per heavy atom. The summed E-state index contributed by atoms with van der Waals surface area (Å²) in [7, 11) is 0. The van der Waals surface area contributed by atoms with Gasteiger partial charge in [-0.1, -0.05) is 42.5 Å². The minimum absolute atomic E-state index is 0.0103. The van der Waals surface area contributed by atoms with Gasteiger partial charge in [-0.05, 0) is 74.7 Å². The number of carbonyl (C=O) groups excluding carboxylic acids is 1. The second-order valence-corrected chi connectivity index (χ2v) is 7.74. The summed E-state index contributed by atoms with van der Waals surface area (Å²) in [6, 6.07) is 21.9. The van der Waals surface area contributed by atoms with Gasteiger partial charge in [0.05, 0.1) is 12.2 Å². The molecule has 1 N–H and O–H groups in total. The predicted octanol–water partition coefficient (Wildman–Crippen LogP) is 5.84. The summed E-state index contributed by atoms with van der Waals surface area (Å²) in [5, 5.41) is 10.7. The molecule has 0 aliphatic heterocycles. The molecule has 0 amide bonds. The third kappa shape index (κ3) is 5.28. The van der Waals surface area contributed by atoms with Crippen molar-refractivity contribution < 1.29 is 19.4 Å². The lowest BCUT2D eigenvalue weighted by molar-refractivity contribution is 0.0748. The molecular formula is C26H28O4. The fraction of sp³-hybridized carbons (Fsp3) is 0.269. The van der Waals surface area contributed by atoms with Gasteiger partial charge >= 0.3 is 0 Å². The van der Waals surface area contributed by atoms with Crippen LogP contribution >= 0.6 is 0 Å². The van der Waals surface area contributed by atoms with E-state index in [1.165, 1.54) is 0 Å². The summed E-state index contributed by atoms with van der Waals surface area (Å²) in [6.45, 7) is 7.86. The summed E-state index contributed by atoms with van der Waals surface area (Å²) in [6.07, 6.45) is -1.14. The molecule has 0 aliphatic rings. The van der Waals surface area contributed by atoms with Gasteiger partial charge in [0.15, 0.2) is 5.78 Å². The summed E-state index contributed by atoms with van der Waals surface area (Å²) in [4.78, 5) is 13.2. The first-order valence-electron chi connectivity index (χ1n) is 10.2. The molecule has 3 aromatic carbocycles. The second-order valence-electron chi connectivity index (χ2n) is 7.74. The minimum atomic E-state index is -1.23. The van der Waals surface area contributed by atoms with Crippen LogP contribution in [0, 0.1) is 0 Å². The summed E-state index contributed by atoms with van der Waals surface area (Å²) < 4.78 is 11.6. The molecule has 3 aromatic rings. The molecule has 0 saturated carbocycles. The van der Waals surface area contributed by atoms with E-state index in [0.717, 1.165) is 11.3 Å². The Bertz CT molecular complexity index is 976. The van der Waals surface area contributed by atoms with Crippen LogP contribution in [0.25, 0.3) is 11.1 Å². The first kappa shape index (κ1) is 21.6. The third-order valence-electron chi connectivity index (χ3n) is 4.53. The van der Waals surface area contributed by atoms with E-state index >= 15 is 0 Å². The van der Waals surface area contributed by atoms with Gasteiger partial charge in [-0.25, -0.2) is 0 Å². The third-order valence-corrected chi connectivity index (χ3v) is 4.53. The number of aliphatic hydroxyl groups is 1. The highest BCUT2D eigenvalue weighted by molar-refractivity contribution is 6.05. The lowest BCUT2D eigenvalue weighted by atomic mass is 9.92. The van der Waals surface area contributed by atoms with E-state index in [1.807, 2.05) is 64.1 Å². The van der Waals surface area contributed by atoms with Gasteiger partial charge in [0, 0.05) is 5.56 Å². The van der Waals surface area contributed by atoms with Crippen molar-refractivity contribution in [3.8, 4) is 22.6 Å². The van der Waals surface area contributed by atoms with Crippen LogP contribution < -0.4 is 9.47 Å². The van der Waals surface area contributed by atoms with Crippen molar-refractivity contribution in [3.63, 3.8) is 0 Å². The zero-order valence-corrected chi connectivity index (χ0v) is 17.8. The maximum atomic E-state index is 13.2. The number of aliphatic hydroxyl groups excluding tert-OH is 1. The molecule has 1 unspecified atom stereocenters. The SMILES string of the molecule is CC(C)Oc1ccc(-c2cc(OC(C)C)ccc2C(=O)C(O)c2ccccc2)cc1. The molecule has 4 heteroatoms. The molecule has 0 spiro atoms. The maximum absolute atomic E-state index is 13.2. The predicted molar refractivity (Wildman–Crippen MR) is 119 cm³/mol. The zero-order valence-electron chi connectivity index (χ0n) is 17.8. The lowest BCUT2D eigenvalue weighted by Crippen LogP contribution is -2.14. The molecule has 30 heavy (non-hydrogen) atoms. The smallest absolute Gasteiger partial charge is 0.196 e. The summed E-state index contributed by atoms with van der Waals surface area (Å²) >= 11 is 0. The zero-order chi connectivity index (χ0) is 21.7. The highest BCUT2D eigenvalue weighted by Crippen LogP contribution is 2.33. The Morgan fingerprint density at radius 2 is 1.33 bits per heavy atom. The number of benzene rings is 3. The van der Waals surface area contributed by atoms with Crippen LogP contribution in [0.4, 0.5) is 0 Å². The van der Waals surface area contributed by atoms with E-state index in [4.69, 9.17) is 9.47 Å². The lowest BCUT2D eigenvalue weighted by Gasteiger charge is -2.17. The Balaban J connectivity index is 2.01. The number of carbonyl (C=O) groups is 1. The molecule has 0 radical (unpaired) electrons. The molecule has 1 atom stereocenters. The quantitative estimate of drug-likeness (QED) is 0.479. The molecular weight excluding hydrogens is 376 g/mol. The van der Waals surface area contributed by atoms with Gasteiger partial charge in [-0.15, -0.1) is 0 Å². The minimum Gasteiger partial charge on any atom is -0.491 e. The number of Topliss-reactive ketones (excluding diaryl/α,β-unsaturated/α-hetero) is 1. The van der Waals surface area contributed by atoms with Crippen molar-refractivity contribution >= 4 is 5.78 Å². The van der Waals surface area contributed by atoms with Crippen molar-refractivity contribution in [1.82, 2.24) is 0 Å². The maximum Gasteiger partial charge on any atom is 0.196 e. The van der Waals surface area contributed by atoms with Crippen LogP contribution in [0.1, 0.15) is 49.7 Å². The average Bonchev–Trinajstić information content (AvgIpc) is 2.73.